The van der Waals surface area contributed by atoms with Gasteiger partial charge in [0.2, 0.25) is 0 Å². The van der Waals surface area contributed by atoms with Gasteiger partial charge in [-0.05, 0) is 56.0 Å². The van der Waals surface area contributed by atoms with E-state index >= 15 is 0 Å². The second kappa shape index (κ2) is 3.64. The van der Waals surface area contributed by atoms with Gasteiger partial charge in [0.05, 0.1) is 5.69 Å². The molecule has 66 valence electrons. The van der Waals surface area contributed by atoms with E-state index in [2.05, 4.69) is 37.3 Å². The van der Waals surface area contributed by atoms with Gasteiger partial charge in [0.1, 0.15) is 0 Å². The van der Waals surface area contributed by atoms with Gasteiger partial charge in [-0.1, -0.05) is 0 Å². The van der Waals surface area contributed by atoms with Gasteiger partial charge >= 0.3 is 22.9 Å². The van der Waals surface area contributed by atoms with E-state index in [1.165, 1.54) is 27.9 Å². The molecule has 1 rings (SSSR count). The van der Waals surface area contributed by atoms with E-state index in [4.69, 9.17) is 0 Å². The number of hydrogen-bond acceptors (Lipinski definition) is 1. The van der Waals surface area contributed by atoms with Crippen LogP contribution in [0.5, 0.6) is 0 Å². The van der Waals surface area contributed by atoms with E-state index in [0.717, 1.165) is 0 Å². The number of benzene rings is 1. The molecular formula is C10H15IN+. The summed E-state index contributed by atoms with van der Waals surface area (Å²) in [6.07, 6.45) is 0. The molecule has 0 heterocycles. The van der Waals surface area contributed by atoms with Crippen LogP contribution in [0.3, 0.4) is 0 Å². The minimum atomic E-state index is 1.25. The molecule has 0 atom stereocenters. The van der Waals surface area contributed by atoms with Gasteiger partial charge in [0.15, 0.2) is 0 Å². The lowest BCUT2D eigenvalue weighted by molar-refractivity contribution is -0.325. The first kappa shape index (κ1) is 9.84. The number of hydrogen-bond donors (Lipinski definition) is 1. The molecule has 0 amide bonds. The average molecular weight is 276 g/mol. The van der Waals surface area contributed by atoms with Crippen LogP contribution in [0.25, 0.3) is 0 Å². The van der Waals surface area contributed by atoms with Gasteiger partial charge in [-0.3, -0.25) is 0 Å². The summed E-state index contributed by atoms with van der Waals surface area (Å²) in [4.78, 5) is 0. The van der Waals surface area contributed by atoms with E-state index in [1.54, 1.807) is 0 Å². The summed E-state index contributed by atoms with van der Waals surface area (Å²) in [5.41, 5.74) is 6.79. The summed E-state index contributed by atoms with van der Waals surface area (Å²) in [5.74, 6) is 0. The Kier molecular flexibility index (Phi) is 2.99. The third-order valence-electron chi connectivity index (χ3n) is 2.59. The SMILES string of the molecule is Cc1cc(N[IH+])c(C)c(C)c1C. The van der Waals surface area contributed by atoms with Crippen molar-refractivity contribution < 1.29 is 22.9 Å². The highest BCUT2D eigenvalue weighted by Gasteiger charge is 2.07. The molecule has 0 spiro atoms. The van der Waals surface area contributed by atoms with Crippen LogP contribution in [0.1, 0.15) is 22.3 Å². The summed E-state index contributed by atoms with van der Waals surface area (Å²) in [6.45, 7) is 8.68. The Bertz CT molecular complexity index is 305. The third kappa shape index (κ3) is 1.58. The van der Waals surface area contributed by atoms with Crippen LogP contribution in [0.4, 0.5) is 5.69 Å². The van der Waals surface area contributed by atoms with Crippen LogP contribution in [0.15, 0.2) is 6.07 Å². The smallest absolute Gasteiger partial charge is 0.181 e. The highest BCUT2D eigenvalue weighted by molar-refractivity contribution is 5.57. The van der Waals surface area contributed by atoms with Gasteiger partial charge in [-0.15, -0.1) is 0 Å². The fourth-order valence-corrected chi connectivity index (χ4v) is 1.92. The summed E-state index contributed by atoms with van der Waals surface area (Å²) < 4.78 is 3.21. The van der Waals surface area contributed by atoms with Crippen LogP contribution in [-0.2, 0) is 0 Å². The topological polar surface area (TPSA) is 12.0 Å². The second-order valence-electron chi connectivity index (χ2n) is 3.22. The molecule has 1 aromatic rings. The maximum absolute atomic E-state index is 3.21. The molecule has 1 nitrogen and oxygen atoms in total. The van der Waals surface area contributed by atoms with E-state index in [1.807, 2.05) is 22.9 Å². The Morgan fingerprint density at radius 3 is 2.08 bits per heavy atom. The molecule has 0 saturated carbocycles. The van der Waals surface area contributed by atoms with Crippen molar-refractivity contribution in [3.8, 4) is 0 Å². The Labute approximate surface area is 88.1 Å². The van der Waals surface area contributed by atoms with Crippen molar-refractivity contribution in [3.63, 3.8) is 0 Å². The summed E-state index contributed by atoms with van der Waals surface area (Å²) >= 11 is 1.90. The Hall–Kier alpha value is -0.250. The maximum Gasteiger partial charge on any atom is 0.401 e. The minimum Gasteiger partial charge on any atom is -0.181 e. The minimum absolute atomic E-state index is 1.25. The molecule has 0 aliphatic heterocycles. The summed E-state index contributed by atoms with van der Waals surface area (Å²) in [7, 11) is 0. The first-order valence-corrected chi connectivity index (χ1v) is 5.20. The lowest BCUT2D eigenvalue weighted by atomic mass is 9.98. The molecule has 0 saturated heterocycles. The van der Waals surface area contributed by atoms with Gasteiger partial charge < -0.3 is 0 Å². The zero-order valence-electron chi connectivity index (χ0n) is 7.99. The number of aryl methyl sites for hydroxylation is 1. The molecule has 2 heteroatoms. The lowest BCUT2D eigenvalue weighted by Gasteiger charge is -2.10. The van der Waals surface area contributed by atoms with E-state index in [9.17, 15) is 0 Å². The lowest BCUT2D eigenvalue weighted by Crippen LogP contribution is -3.38. The van der Waals surface area contributed by atoms with Crippen LogP contribution in [-0.4, -0.2) is 0 Å². The van der Waals surface area contributed by atoms with Gasteiger partial charge in [-0.25, -0.2) is 0 Å². The molecule has 0 fully saturated rings. The first-order valence-electron chi connectivity index (χ1n) is 4.03. The Balaban J connectivity index is 3.39. The largest absolute Gasteiger partial charge is 0.401 e. The Morgan fingerprint density at radius 1 is 1.00 bits per heavy atom. The number of halogens is 1. The van der Waals surface area contributed by atoms with Crippen molar-refractivity contribution >= 4 is 5.69 Å². The predicted octanol–water partition coefficient (Wildman–Crippen LogP) is -0.467. The van der Waals surface area contributed by atoms with Crippen LogP contribution >= 0.6 is 0 Å². The number of nitrogens with one attached hydrogen (secondary N) is 1. The number of rotatable bonds is 1. The van der Waals surface area contributed by atoms with Gasteiger partial charge in [-0.2, -0.15) is 3.53 Å². The third-order valence-corrected chi connectivity index (χ3v) is 3.22. The highest BCUT2D eigenvalue weighted by atomic mass is 127. The van der Waals surface area contributed by atoms with E-state index in [0.29, 0.717) is 0 Å². The molecule has 0 radical (unpaired) electrons. The summed E-state index contributed by atoms with van der Waals surface area (Å²) in [5, 5.41) is 0. The average Bonchev–Trinajstić information content (AvgIpc) is 2.08. The number of anilines is 1. The Morgan fingerprint density at radius 2 is 1.58 bits per heavy atom. The van der Waals surface area contributed by atoms with Crippen molar-refractivity contribution in [2.75, 3.05) is 3.53 Å². The quantitative estimate of drug-likeness (QED) is 0.540. The molecule has 0 bridgehead atoms. The van der Waals surface area contributed by atoms with Crippen molar-refractivity contribution in [1.82, 2.24) is 0 Å². The van der Waals surface area contributed by atoms with Crippen molar-refractivity contribution in [2.24, 2.45) is 0 Å². The predicted molar refractivity (Wildman–Crippen MR) is 50.4 cm³/mol. The van der Waals surface area contributed by atoms with Crippen LogP contribution in [0, 0.1) is 27.7 Å². The normalized spacial score (nSPS) is 10.1. The molecule has 0 aromatic heterocycles. The molecule has 12 heavy (non-hydrogen) atoms. The highest BCUT2D eigenvalue weighted by Crippen LogP contribution is 2.23. The molecule has 1 aromatic carbocycles. The van der Waals surface area contributed by atoms with Gasteiger partial charge in [0, 0.05) is 0 Å². The molecule has 1 N–H and O–H groups in total. The summed E-state index contributed by atoms with van der Waals surface area (Å²) in [6, 6.07) is 2.21. The second-order valence-corrected chi connectivity index (χ2v) is 3.80. The van der Waals surface area contributed by atoms with Crippen molar-refractivity contribution in [2.45, 2.75) is 27.7 Å². The zero-order chi connectivity index (χ0) is 9.30. The molecular weight excluding hydrogens is 261 g/mol. The van der Waals surface area contributed by atoms with Crippen LogP contribution in [0.2, 0.25) is 0 Å². The monoisotopic (exact) mass is 276 g/mol. The standard InChI is InChI=1S/C10H15IN/c1-6-5-10(12-11)9(4)8(3)7(6)2/h5,11-12H,1-4H3/q+1. The van der Waals surface area contributed by atoms with Crippen molar-refractivity contribution in [1.29, 1.82) is 0 Å². The van der Waals surface area contributed by atoms with E-state index < -0.39 is 0 Å². The maximum atomic E-state index is 3.21. The van der Waals surface area contributed by atoms with Crippen molar-refractivity contribution in [3.05, 3.63) is 28.3 Å². The van der Waals surface area contributed by atoms with Gasteiger partial charge in [0.25, 0.3) is 0 Å². The van der Waals surface area contributed by atoms with E-state index in [-0.39, 0.29) is 0 Å². The first-order chi connectivity index (χ1) is 5.57. The molecule has 0 unspecified atom stereocenters. The molecule has 0 aliphatic rings. The fourth-order valence-electron chi connectivity index (χ4n) is 1.32. The van der Waals surface area contributed by atoms with Crippen LogP contribution < -0.4 is 26.4 Å². The fraction of sp³-hybridized carbons (Fsp3) is 0.400. The zero-order valence-corrected chi connectivity index (χ0v) is 10.3. The molecule has 0 aliphatic carbocycles.